The Labute approximate surface area is 166 Å². The SMILES string of the molecule is Cc1ccc2n1CCN(c1nc(=O)c3cc(C(F)(F)F)cc([N+](=O)[O-])c3s1)C2C. The number of benzene rings is 1. The van der Waals surface area contributed by atoms with Crippen molar-refractivity contribution >= 4 is 32.2 Å². The smallest absolute Gasteiger partial charge is 0.345 e. The van der Waals surface area contributed by atoms with Crippen LogP contribution in [0.25, 0.3) is 10.1 Å². The molecule has 1 atom stereocenters. The van der Waals surface area contributed by atoms with Gasteiger partial charge in [0.05, 0.1) is 21.9 Å². The molecule has 0 radical (unpaired) electrons. The lowest BCUT2D eigenvalue weighted by Crippen LogP contribution is -2.37. The van der Waals surface area contributed by atoms with Crippen LogP contribution in [0.2, 0.25) is 0 Å². The third kappa shape index (κ3) is 3.15. The second kappa shape index (κ2) is 6.55. The van der Waals surface area contributed by atoms with Crippen molar-refractivity contribution in [2.75, 3.05) is 11.4 Å². The molecule has 1 aliphatic heterocycles. The minimum absolute atomic E-state index is 0.109. The molecule has 4 rings (SSSR count). The summed E-state index contributed by atoms with van der Waals surface area (Å²) in [6, 6.07) is 4.90. The lowest BCUT2D eigenvalue weighted by Gasteiger charge is -2.35. The third-order valence-electron chi connectivity index (χ3n) is 5.15. The molecule has 152 valence electrons. The summed E-state index contributed by atoms with van der Waals surface area (Å²) >= 11 is 0.864. The van der Waals surface area contributed by atoms with E-state index in [1.807, 2.05) is 30.9 Å². The monoisotopic (exact) mass is 424 g/mol. The number of alkyl halides is 3. The summed E-state index contributed by atoms with van der Waals surface area (Å²) in [4.78, 5) is 28.9. The van der Waals surface area contributed by atoms with Gasteiger partial charge in [-0.25, -0.2) is 0 Å². The van der Waals surface area contributed by atoms with Crippen molar-refractivity contribution in [3.63, 3.8) is 0 Å². The molecule has 1 unspecified atom stereocenters. The first-order valence-electron chi connectivity index (χ1n) is 8.71. The maximum atomic E-state index is 13.1. The van der Waals surface area contributed by atoms with Crippen LogP contribution in [-0.4, -0.2) is 21.0 Å². The Morgan fingerprint density at radius 1 is 1.28 bits per heavy atom. The van der Waals surface area contributed by atoms with Crippen LogP contribution in [0.4, 0.5) is 24.0 Å². The van der Waals surface area contributed by atoms with Gasteiger partial charge in [0.15, 0.2) is 5.13 Å². The van der Waals surface area contributed by atoms with E-state index >= 15 is 0 Å². The molecule has 3 aromatic rings. The van der Waals surface area contributed by atoms with Crippen molar-refractivity contribution in [2.45, 2.75) is 32.6 Å². The van der Waals surface area contributed by atoms with Crippen molar-refractivity contribution in [1.29, 1.82) is 0 Å². The molecule has 7 nitrogen and oxygen atoms in total. The highest BCUT2D eigenvalue weighted by atomic mass is 32.1. The van der Waals surface area contributed by atoms with Gasteiger partial charge in [0.2, 0.25) is 0 Å². The maximum absolute atomic E-state index is 13.1. The highest BCUT2D eigenvalue weighted by molar-refractivity contribution is 7.22. The van der Waals surface area contributed by atoms with Gasteiger partial charge in [0, 0.05) is 30.5 Å². The van der Waals surface area contributed by atoms with E-state index in [9.17, 15) is 28.1 Å². The van der Waals surface area contributed by atoms with E-state index in [-0.39, 0.29) is 15.9 Å². The summed E-state index contributed by atoms with van der Waals surface area (Å²) in [5.41, 5.74) is -0.786. The van der Waals surface area contributed by atoms with Crippen molar-refractivity contribution < 1.29 is 18.1 Å². The van der Waals surface area contributed by atoms with Crippen LogP contribution < -0.4 is 10.5 Å². The first kappa shape index (κ1) is 19.4. The summed E-state index contributed by atoms with van der Waals surface area (Å²) < 4.78 is 41.3. The average molecular weight is 424 g/mol. The van der Waals surface area contributed by atoms with E-state index in [1.165, 1.54) is 0 Å². The van der Waals surface area contributed by atoms with E-state index < -0.39 is 33.3 Å². The molecular weight excluding hydrogens is 409 g/mol. The number of hydrogen-bond donors (Lipinski definition) is 0. The second-order valence-corrected chi connectivity index (χ2v) is 7.83. The number of anilines is 1. The molecule has 0 N–H and O–H groups in total. The molecular formula is C18H15F3N4O3S. The summed E-state index contributed by atoms with van der Waals surface area (Å²) in [5, 5.41) is 11.3. The van der Waals surface area contributed by atoms with Crippen LogP contribution in [-0.2, 0) is 12.7 Å². The van der Waals surface area contributed by atoms with E-state index in [4.69, 9.17) is 0 Å². The number of nitrogens with zero attached hydrogens (tertiary/aromatic N) is 4. The van der Waals surface area contributed by atoms with Crippen LogP contribution in [0.1, 0.15) is 29.9 Å². The molecule has 1 aromatic carbocycles. The third-order valence-corrected chi connectivity index (χ3v) is 6.29. The van der Waals surface area contributed by atoms with Gasteiger partial charge in [-0.05, 0) is 32.0 Å². The number of rotatable bonds is 2. The number of hydrogen-bond acceptors (Lipinski definition) is 6. The summed E-state index contributed by atoms with van der Waals surface area (Å²) in [6.07, 6.45) is -4.81. The number of nitro groups is 1. The number of halogens is 3. The lowest BCUT2D eigenvalue weighted by molar-refractivity contribution is -0.383. The zero-order valence-corrected chi connectivity index (χ0v) is 16.2. The van der Waals surface area contributed by atoms with E-state index in [0.717, 1.165) is 22.7 Å². The molecule has 0 amide bonds. The van der Waals surface area contributed by atoms with Gasteiger partial charge in [-0.2, -0.15) is 18.2 Å². The minimum atomic E-state index is -4.81. The molecule has 1 aliphatic rings. The predicted molar refractivity (Wildman–Crippen MR) is 102 cm³/mol. The van der Waals surface area contributed by atoms with Gasteiger partial charge >= 0.3 is 6.18 Å². The van der Waals surface area contributed by atoms with Crippen molar-refractivity contribution in [2.24, 2.45) is 0 Å². The predicted octanol–water partition coefficient (Wildman–Crippen LogP) is 4.27. The first-order chi connectivity index (χ1) is 13.6. The molecule has 0 aliphatic carbocycles. The zero-order chi connectivity index (χ0) is 21.1. The Bertz CT molecular complexity index is 1200. The molecule has 29 heavy (non-hydrogen) atoms. The zero-order valence-electron chi connectivity index (χ0n) is 15.4. The normalized spacial score (nSPS) is 16.9. The van der Waals surface area contributed by atoms with Gasteiger partial charge in [0.1, 0.15) is 4.70 Å². The number of aryl methyl sites for hydroxylation is 1. The van der Waals surface area contributed by atoms with Gasteiger partial charge in [-0.15, -0.1) is 0 Å². The topological polar surface area (TPSA) is 81.3 Å². The summed E-state index contributed by atoms with van der Waals surface area (Å²) in [7, 11) is 0. The summed E-state index contributed by atoms with van der Waals surface area (Å²) in [6.45, 7) is 5.08. The fourth-order valence-electron chi connectivity index (χ4n) is 3.65. The van der Waals surface area contributed by atoms with Crippen LogP contribution in [0.3, 0.4) is 0 Å². The Hall–Kier alpha value is -2.95. The van der Waals surface area contributed by atoms with Gasteiger partial charge in [-0.3, -0.25) is 14.9 Å². The van der Waals surface area contributed by atoms with Gasteiger partial charge in [-0.1, -0.05) is 11.3 Å². The Balaban J connectivity index is 1.89. The van der Waals surface area contributed by atoms with Crippen molar-refractivity contribution in [3.8, 4) is 0 Å². The molecule has 0 saturated carbocycles. The average Bonchev–Trinajstić information content (AvgIpc) is 3.02. The van der Waals surface area contributed by atoms with Gasteiger partial charge in [0.25, 0.3) is 11.2 Å². The molecule has 2 aromatic heterocycles. The number of nitro benzene ring substituents is 1. The van der Waals surface area contributed by atoms with Crippen molar-refractivity contribution in [1.82, 2.24) is 9.55 Å². The molecule has 11 heteroatoms. The maximum Gasteiger partial charge on any atom is 0.416 e. The highest BCUT2D eigenvalue weighted by Gasteiger charge is 2.35. The number of aromatic nitrogens is 2. The fourth-order valence-corrected chi connectivity index (χ4v) is 4.82. The Kier molecular flexibility index (Phi) is 4.37. The summed E-state index contributed by atoms with van der Waals surface area (Å²) in [5.74, 6) is 0. The second-order valence-electron chi connectivity index (χ2n) is 6.85. The van der Waals surface area contributed by atoms with E-state index in [0.29, 0.717) is 25.2 Å². The highest BCUT2D eigenvalue weighted by Crippen LogP contribution is 2.40. The number of non-ortho nitro benzene ring substituents is 1. The number of fused-ring (bicyclic) bond motifs is 2. The first-order valence-corrected chi connectivity index (χ1v) is 9.52. The van der Waals surface area contributed by atoms with Crippen LogP contribution in [0, 0.1) is 17.0 Å². The molecule has 0 spiro atoms. The van der Waals surface area contributed by atoms with E-state index in [2.05, 4.69) is 9.55 Å². The van der Waals surface area contributed by atoms with Crippen LogP contribution in [0.15, 0.2) is 29.1 Å². The van der Waals surface area contributed by atoms with Crippen LogP contribution in [0.5, 0.6) is 0 Å². The van der Waals surface area contributed by atoms with Gasteiger partial charge < -0.3 is 9.47 Å². The molecule has 0 fully saturated rings. The Morgan fingerprint density at radius 3 is 2.66 bits per heavy atom. The minimum Gasteiger partial charge on any atom is -0.345 e. The van der Waals surface area contributed by atoms with Crippen LogP contribution >= 0.6 is 11.3 Å². The van der Waals surface area contributed by atoms with E-state index in [1.54, 1.807) is 0 Å². The molecule has 0 saturated heterocycles. The Morgan fingerprint density at radius 2 is 2.00 bits per heavy atom. The largest absolute Gasteiger partial charge is 0.416 e. The quantitative estimate of drug-likeness (QED) is 0.453. The van der Waals surface area contributed by atoms with Crippen molar-refractivity contribution in [3.05, 3.63) is 61.7 Å². The standard InChI is InChI=1S/C18H15F3N4O3S/c1-9-3-4-13-10(2)24(6-5-23(9)13)17-22-16(26)12-7-11(18(19,20)21)8-14(25(27)28)15(12)29-17/h3-4,7-8,10H,5-6H2,1-2H3. The molecule has 0 bridgehead atoms. The fraction of sp³-hybridized carbons (Fsp3) is 0.333. The molecule has 3 heterocycles. The lowest BCUT2D eigenvalue weighted by atomic mass is 10.1.